The Morgan fingerprint density at radius 3 is 2.89 bits per heavy atom. The van der Waals surface area contributed by atoms with Crippen LogP contribution in [0.1, 0.15) is 18.9 Å². The third kappa shape index (κ3) is 2.66. The minimum Gasteiger partial charge on any atom is -0.391 e. The molecule has 1 N–H and O–H groups in total. The van der Waals surface area contributed by atoms with Crippen LogP contribution in [0.2, 0.25) is 0 Å². The quantitative estimate of drug-likeness (QED) is 0.646. The van der Waals surface area contributed by atoms with Crippen molar-refractivity contribution in [2.45, 2.75) is 19.4 Å². The number of benzene rings is 1. The smallest absolute Gasteiger partial charge is 0.287 e. The summed E-state index contributed by atoms with van der Waals surface area (Å²) in [5.74, 6) is 0.254. The van der Waals surface area contributed by atoms with E-state index in [0.29, 0.717) is 6.54 Å². The van der Waals surface area contributed by atoms with Gasteiger partial charge in [0.2, 0.25) is 0 Å². The van der Waals surface area contributed by atoms with Crippen LogP contribution in [-0.4, -0.2) is 29.2 Å². The Balaban J connectivity index is 2.27. The minimum absolute atomic E-state index is 0.0515. The van der Waals surface area contributed by atoms with Crippen molar-refractivity contribution in [3.63, 3.8) is 0 Å². The summed E-state index contributed by atoms with van der Waals surface area (Å²) in [6.07, 6.45) is 0.453. The Morgan fingerprint density at radius 1 is 1.58 bits per heavy atom. The van der Waals surface area contributed by atoms with Crippen molar-refractivity contribution in [3.8, 4) is 6.07 Å². The molecule has 100 valence electrons. The predicted molar refractivity (Wildman–Crippen MR) is 69.8 cm³/mol. The fraction of sp³-hybridized carbons (Fsp3) is 0.462. The summed E-state index contributed by atoms with van der Waals surface area (Å²) in [5, 5.41) is 29.6. The molecule has 0 aromatic heterocycles. The second-order valence-electron chi connectivity index (χ2n) is 4.85. The third-order valence-electron chi connectivity index (χ3n) is 3.58. The van der Waals surface area contributed by atoms with Crippen LogP contribution < -0.4 is 4.90 Å². The molecule has 0 saturated carbocycles. The monoisotopic (exact) mass is 261 g/mol. The molecule has 19 heavy (non-hydrogen) atoms. The Labute approximate surface area is 111 Å². The van der Waals surface area contributed by atoms with Gasteiger partial charge in [0.1, 0.15) is 11.6 Å². The summed E-state index contributed by atoms with van der Waals surface area (Å²) in [6.45, 7) is 3.27. The SMILES string of the molecule is C[C@@H]1CCN(c2ccc([N+](=O)[O-])c(C#N)c2)C[C@@H]1O. The number of anilines is 1. The van der Waals surface area contributed by atoms with Gasteiger partial charge in [-0.1, -0.05) is 6.92 Å². The van der Waals surface area contributed by atoms with Crippen molar-refractivity contribution >= 4 is 11.4 Å². The number of nitro benzene ring substituents is 1. The molecule has 0 radical (unpaired) electrons. The first kappa shape index (κ1) is 13.3. The first-order chi connectivity index (χ1) is 9.02. The molecule has 1 aromatic rings. The molecule has 0 bridgehead atoms. The van der Waals surface area contributed by atoms with Gasteiger partial charge in [0.25, 0.3) is 5.69 Å². The Bertz CT molecular complexity index is 538. The van der Waals surface area contributed by atoms with Gasteiger partial charge in [0.05, 0.1) is 11.0 Å². The molecule has 6 heteroatoms. The van der Waals surface area contributed by atoms with E-state index in [4.69, 9.17) is 5.26 Å². The van der Waals surface area contributed by atoms with Crippen LogP contribution in [0.15, 0.2) is 18.2 Å². The molecule has 1 aliphatic rings. The topological polar surface area (TPSA) is 90.4 Å². The Hall–Kier alpha value is -2.13. The van der Waals surface area contributed by atoms with Crippen molar-refractivity contribution in [2.75, 3.05) is 18.0 Å². The molecule has 2 atom stereocenters. The molecule has 0 amide bonds. The van der Waals surface area contributed by atoms with Gasteiger partial charge in [-0.2, -0.15) is 5.26 Å². The number of nitrogens with zero attached hydrogens (tertiary/aromatic N) is 3. The largest absolute Gasteiger partial charge is 0.391 e. The van der Waals surface area contributed by atoms with Crippen LogP contribution in [0.3, 0.4) is 0 Å². The molecule has 1 aliphatic heterocycles. The third-order valence-corrected chi connectivity index (χ3v) is 3.58. The molecule has 1 heterocycles. The van der Waals surface area contributed by atoms with Crippen LogP contribution >= 0.6 is 0 Å². The number of aliphatic hydroxyl groups is 1. The highest BCUT2D eigenvalue weighted by atomic mass is 16.6. The van der Waals surface area contributed by atoms with E-state index >= 15 is 0 Å². The van der Waals surface area contributed by atoms with Crippen LogP contribution in [0.25, 0.3) is 0 Å². The van der Waals surface area contributed by atoms with Gasteiger partial charge in [-0.05, 0) is 24.5 Å². The maximum Gasteiger partial charge on any atom is 0.287 e. The second-order valence-corrected chi connectivity index (χ2v) is 4.85. The molecular weight excluding hydrogens is 246 g/mol. The molecule has 0 spiro atoms. The Kier molecular flexibility index (Phi) is 3.67. The normalized spacial score (nSPS) is 22.9. The lowest BCUT2D eigenvalue weighted by Crippen LogP contribution is -2.42. The summed E-state index contributed by atoms with van der Waals surface area (Å²) in [4.78, 5) is 12.2. The summed E-state index contributed by atoms with van der Waals surface area (Å²) in [7, 11) is 0. The van der Waals surface area contributed by atoms with E-state index in [9.17, 15) is 15.2 Å². The van der Waals surface area contributed by atoms with E-state index in [-0.39, 0.29) is 17.2 Å². The zero-order valence-corrected chi connectivity index (χ0v) is 10.6. The highest BCUT2D eigenvalue weighted by Gasteiger charge is 2.25. The Morgan fingerprint density at radius 2 is 2.32 bits per heavy atom. The molecule has 1 fully saturated rings. The van der Waals surface area contributed by atoms with E-state index in [2.05, 4.69) is 0 Å². The maximum atomic E-state index is 10.8. The van der Waals surface area contributed by atoms with E-state index in [1.54, 1.807) is 6.07 Å². The van der Waals surface area contributed by atoms with Crippen molar-refractivity contribution in [2.24, 2.45) is 5.92 Å². The lowest BCUT2D eigenvalue weighted by atomic mass is 9.95. The maximum absolute atomic E-state index is 10.8. The summed E-state index contributed by atoms with van der Waals surface area (Å²) in [5.41, 5.74) is 0.612. The molecule has 0 unspecified atom stereocenters. The average molecular weight is 261 g/mol. The van der Waals surface area contributed by atoms with Gasteiger partial charge in [-0.3, -0.25) is 10.1 Å². The molecule has 2 rings (SSSR count). The molecule has 0 aliphatic carbocycles. The van der Waals surface area contributed by atoms with Crippen molar-refractivity contribution in [1.82, 2.24) is 0 Å². The molecule has 6 nitrogen and oxygen atoms in total. The highest BCUT2D eigenvalue weighted by Crippen LogP contribution is 2.27. The van der Waals surface area contributed by atoms with E-state index in [0.717, 1.165) is 18.7 Å². The number of aliphatic hydroxyl groups excluding tert-OH is 1. The summed E-state index contributed by atoms with van der Waals surface area (Å²) in [6, 6.07) is 6.33. The van der Waals surface area contributed by atoms with Crippen molar-refractivity contribution < 1.29 is 10.0 Å². The van der Waals surface area contributed by atoms with E-state index < -0.39 is 11.0 Å². The molecule has 1 saturated heterocycles. The standard InChI is InChI=1S/C13H15N3O3/c1-9-4-5-15(8-13(9)17)11-2-3-12(16(18)19)10(6-11)7-14/h2-3,6,9,13,17H,4-5,8H2,1H3/t9-,13+/m1/s1. The van der Waals surface area contributed by atoms with E-state index in [1.807, 2.05) is 17.9 Å². The zero-order chi connectivity index (χ0) is 14.0. The van der Waals surface area contributed by atoms with Crippen LogP contribution in [0, 0.1) is 27.4 Å². The number of nitriles is 1. The van der Waals surface area contributed by atoms with Crippen LogP contribution in [-0.2, 0) is 0 Å². The lowest BCUT2D eigenvalue weighted by molar-refractivity contribution is -0.385. The number of piperidine rings is 1. The fourth-order valence-electron chi connectivity index (χ4n) is 2.25. The number of hydrogen-bond donors (Lipinski definition) is 1. The average Bonchev–Trinajstić information content (AvgIpc) is 2.41. The zero-order valence-electron chi connectivity index (χ0n) is 10.6. The number of rotatable bonds is 2. The highest BCUT2D eigenvalue weighted by molar-refractivity contribution is 5.60. The summed E-state index contributed by atoms with van der Waals surface area (Å²) >= 11 is 0. The first-order valence-electron chi connectivity index (χ1n) is 6.14. The van der Waals surface area contributed by atoms with Gasteiger partial charge in [-0.25, -0.2) is 0 Å². The lowest BCUT2D eigenvalue weighted by Gasteiger charge is -2.35. The number of β-amino-alcohol motifs (C(OH)–C–C–N with tert-alkyl or cyclic N) is 1. The molecule has 1 aromatic carbocycles. The van der Waals surface area contributed by atoms with Gasteiger partial charge in [0, 0.05) is 24.8 Å². The van der Waals surface area contributed by atoms with Crippen molar-refractivity contribution in [1.29, 1.82) is 5.26 Å². The van der Waals surface area contributed by atoms with Crippen LogP contribution in [0.5, 0.6) is 0 Å². The van der Waals surface area contributed by atoms with Gasteiger partial charge < -0.3 is 10.0 Å². The van der Waals surface area contributed by atoms with Crippen LogP contribution in [0.4, 0.5) is 11.4 Å². The van der Waals surface area contributed by atoms with Crippen molar-refractivity contribution in [3.05, 3.63) is 33.9 Å². The first-order valence-corrected chi connectivity index (χ1v) is 6.14. The second kappa shape index (κ2) is 5.24. The van der Waals surface area contributed by atoms with E-state index in [1.165, 1.54) is 12.1 Å². The number of hydrogen-bond acceptors (Lipinski definition) is 5. The fourth-order valence-corrected chi connectivity index (χ4v) is 2.25. The van der Waals surface area contributed by atoms with Gasteiger partial charge in [-0.15, -0.1) is 0 Å². The predicted octanol–water partition coefficient (Wildman–Crippen LogP) is 1.67. The minimum atomic E-state index is -0.560. The van der Waals surface area contributed by atoms with Gasteiger partial charge >= 0.3 is 0 Å². The number of nitro groups is 1. The van der Waals surface area contributed by atoms with Gasteiger partial charge in [0.15, 0.2) is 0 Å². The molecular formula is C13H15N3O3. The summed E-state index contributed by atoms with van der Waals surface area (Å²) < 4.78 is 0.